The van der Waals surface area contributed by atoms with Crippen LogP contribution in [0.4, 0.5) is 0 Å². The van der Waals surface area contributed by atoms with Gasteiger partial charge in [-0.3, -0.25) is 4.98 Å². The van der Waals surface area contributed by atoms with Crippen LogP contribution in [0.5, 0.6) is 0 Å². The monoisotopic (exact) mass is 279 g/mol. The van der Waals surface area contributed by atoms with E-state index >= 15 is 0 Å². The number of hydrogen-bond donors (Lipinski definition) is 1. The van der Waals surface area contributed by atoms with Gasteiger partial charge in [0, 0.05) is 17.1 Å². The maximum absolute atomic E-state index is 6.18. The van der Waals surface area contributed by atoms with Crippen molar-refractivity contribution < 1.29 is 0 Å². The number of rotatable bonds is 1. The van der Waals surface area contributed by atoms with E-state index < -0.39 is 0 Å². The Bertz CT molecular complexity index is 922. The Morgan fingerprint density at radius 2 is 1.85 bits per heavy atom. The Morgan fingerprint density at radius 3 is 2.75 bits per heavy atom. The van der Waals surface area contributed by atoms with Crippen LogP contribution in [0.2, 0.25) is 5.02 Å². The average Bonchev–Trinajstić information content (AvgIpc) is 2.92. The molecule has 4 heteroatoms. The van der Waals surface area contributed by atoms with E-state index in [9.17, 15) is 0 Å². The van der Waals surface area contributed by atoms with Gasteiger partial charge in [-0.05, 0) is 24.3 Å². The predicted octanol–water partition coefficient (Wildman–Crippen LogP) is 4.43. The number of nitrogens with one attached hydrogen (secondary N) is 1. The third-order valence-electron chi connectivity index (χ3n) is 3.36. The number of aromatic amines is 1. The maximum atomic E-state index is 6.18. The minimum absolute atomic E-state index is 0.656. The first-order valence-electron chi connectivity index (χ1n) is 6.31. The highest BCUT2D eigenvalue weighted by molar-refractivity contribution is 6.35. The molecule has 0 saturated heterocycles. The summed E-state index contributed by atoms with van der Waals surface area (Å²) < 4.78 is 0. The molecule has 4 rings (SSSR count). The van der Waals surface area contributed by atoms with Gasteiger partial charge >= 0.3 is 0 Å². The third-order valence-corrected chi connectivity index (χ3v) is 3.67. The van der Waals surface area contributed by atoms with Crippen molar-refractivity contribution in [2.45, 2.75) is 0 Å². The summed E-state index contributed by atoms with van der Waals surface area (Å²) in [4.78, 5) is 12.3. The summed E-state index contributed by atoms with van der Waals surface area (Å²) in [5.74, 6) is 0.812. The van der Waals surface area contributed by atoms with Crippen molar-refractivity contribution >= 4 is 33.5 Å². The van der Waals surface area contributed by atoms with E-state index in [-0.39, 0.29) is 0 Å². The number of nitrogens with zero attached hydrogens (tertiary/aromatic N) is 2. The van der Waals surface area contributed by atoms with E-state index in [1.165, 1.54) is 0 Å². The Morgan fingerprint density at radius 1 is 0.950 bits per heavy atom. The molecule has 2 aromatic carbocycles. The first kappa shape index (κ1) is 11.4. The van der Waals surface area contributed by atoms with E-state index in [0.717, 1.165) is 33.3 Å². The number of hydrogen-bond acceptors (Lipinski definition) is 2. The second-order valence-corrected chi connectivity index (χ2v) is 5.00. The second-order valence-electron chi connectivity index (χ2n) is 4.60. The summed E-state index contributed by atoms with van der Waals surface area (Å²) in [7, 11) is 0. The Hall–Kier alpha value is -2.39. The van der Waals surface area contributed by atoms with Crippen LogP contribution in [-0.2, 0) is 0 Å². The number of aromatic nitrogens is 3. The van der Waals surface area contributed by atoms with Crippen molar-refractivity contribution in [1.82, 2.24) is 15.0 Å². The molecule has 0 unspecified atom stereocenters. The smallest absolute Gasteiger partial charge is 0.139 e. The number of benzene rings is 2. The normalized spacial score (nSPS) is 11.2. The molecule has 0 atom stereocenters. The van der Waals surface area contributed by atoms with E-state index in [0.29, 0.717) is 5.02 Å². The molecule has 2 aromatic heterocycles. The summed E-state index contributed by atoms with van der Waals surface area (Å²) in [6.07, 6.45) is 1.79. The minimum Gasteiger partial charge on any atom is -0.338 e. The van der Waals surface area contributed by atoms with Crippen LogP contribution in [0, 0.1) is 0 Å². The van der Waals surface area contributed by atoms with Crippen LogP contribution in [0.25, 0.3) is 33.3 Å². The molecular weight excluding hydrogens is 270 g/mol. The molecule has 3 nitrogen and oxygen atoms in total. The molecule has 0 saturated carbocycles. The molecular formula is C16H10ClN3. The lowest BCUT2D eigenvalue weighted by Crippen LogP contribution is -1.84. The minimum atomic E-state index is 0.656. The van der Waals surface area contributed by atoms with Gasteiger partial charge in [-0.15, -0.1) is 0 Å². The molecule has 0 bridgehead atoms. The molecule has 96 valence electrons. The standard InChI is InChI=1S/C16H10ClN3/c17-12-6-2-8-14-15(12)20-16(19-14)11-4-1-7-13-10(11)5-3-9-18-13/h1-9H,(H,19,20). The molecule has 20 heavy (non-hydrogen) atoms. The van der Waals surface area contributed by atoms with Gasteiger partial charge in [-0.2, -0.15) is 0 Å². The summed E-state index contributed by atoms with van der Waals surface area (Å²) in [6.45, 7) is 0. The van der Waals surface area contributed by atoms with E-state index in [2.05, 4.69) is 15.0 Å². The van der Waals surface area contributed by atoms with Crippen molar-refractivity contribution in [2.24, 2.45) is 0 Å². The molecule has 1 N–H and O–H groups in total. The number of fused-ring (bicyclic) bond motifs is 2. The topological polar surface area (TPSA) is 41.6 Å². The van der Waals surface area contributed by atoms with Crippen molar-refractivity contribution in [3.63, 3.8) is 0 Å². The molecule has 0 spiro atoms. The van der Waals surface area contributed by atoms with E-state index in [4.69, 9.17) is 11.6 Å². The van der Waals surface area contributed by atoms with Gasteiger partial charge in [0.2, 0.25) is 0 Å². The largest absolute Gasteiger partial charge is 0.338 e. The van der Waals surface area contributed by atoms with Crippen molar-refractivity contribution in [1.29, 1.82) is 0 Å². The molecule has 2 heterocycles. The lowest BCUT2D eigenvalue weighted by Gasteiger charge is -2.02. The first-order chi connectivity index (χ1) is 9.83. The van der Waals surface area contributed by atoms with Gasteiger partial charge < -0.3 is 4.98 Å². The Kier molecular flexibility index (Phi) is 2.47. The van der Waals surface area contributed by atoms with Crippen LogP contribution < -0.4 is 0 Å². The molecule has 0 aliphatic heterocycles. The highest BCUT2D eigenvalue weighted by Crippen LogP contribution is 2.29. The molecule has 0 fully saturated rings. The number of imidazole rings is 1. The van der Waals surface area contributed by atoms with Gasteiger partial charge in [0.25, 0.3) is 0 Å². The molecule has 0 aliphatic rings. The summed E-state index contributed by atoms with van der Waals surface area (Å²) >= 11 is 6.18. The highest BCUT2D eigenvalue weighted by Gasteiger charge is 2.10. The fourth-order valence-corrected chi connectivity index (χ4v) is 2.65. The fraction of sp³-hybridized carbons (Fsp3) is 0. The van der Waals surface area contributed by atoms with Gasteiger partial charge in [0.05, 0.1) is 16.1 Å². The Labute approximate surface area is 120 Å². The van der Waals surface area contributed by atoms with Crippen molar-refractivity contribution in [3.05, 3.63) is 59.8 Å². The predicted molar refractivity (Wildman–Crippen MR) is 81.8 cm³/mol. The third kappa shape index (κ3) is 1.67. The number of halogens is 1. The zero-order valence-corrected chi connectivity index (χ0v) is 11.2. The Balaban J connectivity index is 2.04. The van der Waals surface area contributed by atoms with Gasteiger partial charge in [0.15, 0.2) is 0 Å². The van der Waals surface area contributed by atoms with Gasteiger partial charge in [-0.25, -0.2) is 4.98 Å². The lowest BCUT2D eigenvalue weighted by molar-refractivity contribution is 1.34. The van der Waals surface area contributed by atoms with Crippen molar-refractivity contribution in [3.8, 4) is 11.4 Å². The fourth-order valence-electron chi connectivity index (χ4n) is 2.43. The van der Waals surface area contributed by atoms with Crippen LogP contribution in [0.3, 0.4) is 0 Å². The van der Waals surface area contributed by atoms with Crippen LogP contribution in [-0.4, -0.2) is 15.0 Å². The van der Waals surface area contributed by atoms with Crippen molar-refractivity contribution in [2.75, 3.05) is 0 Å². The molecule has 0 amide bonds. The number of H-pyrrole nitrogens is 1. The quantitative estimate of drug-likeness (QED) is 0.560. The van der Waals surface area contributed by atoms with Gasteiger partial charge in [0.1, 0.15) is 11.3 Å². The highest BCUT2D eigenvalue weighted by atomic mass is 35.5. The second kappa shape index (κ2) is 4.32. The SMILES string of the molecule is Clc1cccc2[nH]c(-c3cccc4ncccc34)nc12. The van der Waals surface area contributed by atoms with Crippen LogP contribution >= 0.6 is 11.6 Å². The lowest BCUT2D eigenvalue weighted by atomic mass is 10.1. The first-order valence-corrected chi connectivity index (χ1v) is 6.69. The van der Waals surface area contributed by atoms with E-state index in [1.807, 2.05) is 48.5 Å². The average molecular weight is 280 g/mol. The molecule has 0 radical (unpaired) electrons. The van der Waals surface area contributed by atoms with Gasteiger partial charge in [-0.1, -0.05) is 35.9 Å². The maximum Gasteiger partial charge on any atom is 0.139 e. The van der Waals surface area contributed by atoms with Crippen LogP contribution in [0.1, 0.15) is 0 Å². The molecule has 0 aliphatic carbocycles. The van der Waals surface area contributed by atoms with Crippen LogP contribution in [0.15, 0.2) is 54.7 Å². The molecule has 4 aromatic rings. The zero-order valence-electron chi connectivity index (χ0n) is 10.5. The summed E-state index contributed by atoms with van der Waals surface area (Å²) in [5.41, 5.74) is 3.72. The summed E-state index contributed by atoms with van der Waals surface area (Å²) in [5, 5.41) is 1.73. The summed E-state index contributed by atoms with van der Waals surface area (Å²) in [6, 6.07) is 15.7. The number of para-hydroxylation sites is 1. The van der Waals surface area contributed by atoms with E-state index in [1.54, 1.807) is 6.20 Å². The number of pyridine rings is 1. The zero-order chi connectivity index (χ0) is 13.5.